The van der Waals surface area contributed by atoms with E-state index in [1.54, 1.807) is 17.0 Å². The number of hydrogen-bond acceptors (Lipinski definition) is 6. The standard InChI is InChI=1S/C20H26ClN5O2S/c1-4-16-25-17(18(27)24-15-6-5-14(21)11-23-15)20(29-16)26(12(2)3)19(28)13-7-9-22-10-8-13/h5-6,11-13,22H,4,7-10H2,1-3H3,(H,23,24,27). The lowest BCUT2D eigenvalue weighted by molar-refractivity contribution is -0.123. The summed E-state index contributed by atoms with van der Waals surface area (Å²) in [6.45, 7) is 7.58. The quantitative estimate of drug-likeness (QED) is 0.721. The van der Waals surface area contributed by atoms with E-state index in [4.69, 9.17) is 11.6 Å². The number of hydrogen-bond donors (Lipinski definition) is 2. The van der Waals surface area contributed by atoms with Crippen LogP contribution in [0.2, 0.25) is 5.02 Å². The van der Waals surface area contributed by atoms with Gasteiger partial charge < -0.3 is 10.6 Å². The van der Waals surface area contributed by atoms with Gasteiger partial charge >= 0.3 is 0 Å². The highest BCUT2D eigenvalue weighted by molar-refractivity contribution is 7.16. The Balaban J connectivity index is 1.91. The van der Waals surface area contributed by atoms with Gasteiger partial charge in [0.25, 0.3) is 5.91 Å². The molecule has 0 spiro atoms. The summed E-state index contributed by atoms with van der Waals surface area (Å²) in [6.07, 6.45) is 3.77. The first-order valence-corrected chi connectivity index (χ1v) is 11.1. The van der Waals surface area contributed by atoms with E-state index in [9.17, 15) is 9.59 Å². The second-order valence-electron chi connectivity index (χ2n) is 7.26. The van der Waals surface area contributed by atoms with Crippen LogP contribution >= 0.6 is 22.9 Å². The first-order valence-electron chi connectivity index (χ1n) is 9.87. The van der Waals surface area contributed by atoms with E-state index in [-0.39, 0.29) is 29.5 Å². The molecule has 1 saturated heterocycles. The third kappa shape index (κ3) is 5.12. The third-order valence-corrected chi connectivity index (χ3v) is 6.22. The summed E-state index contributed by atoms with van der Waals surface area (Å²) in [5, 5.41) is 7.96. The summed E-state index contributed by atoms with van der Waals surface area (Å²) < 4.78 is 0. The number of carbonyl (C=O) groups is 2. The van der Waals surface area contributed by atoms with Gasteiger partial charge in [-0.15, -0.1) is 11.3 Å². The van der Waals surface area contributed by atoms with Crippen molar-refractivity contribution in [3.63, 3.8) is 0 Å². The Labute approximate surface area is 179 Å². The predicted octanol–water partition coefficient (Wildman–Crippen LogP) is 3.75. The number of rotatable bonds is 6. The number of piperidine rings is 1. The van der Waals surface area contributed by atoms with Gasteiger partial charge in [0.1, 0.15) is 10.8 Å². The Morgan fingerprint density at radius 2 is 2.07 bits per heavy atom. The lowest BCUT2D eigenvalue weighted by Crippen LogP contribution is -2.44. The number of nitrogens with zero attached hydrogens (tertiary/aromatic N) is 3. The SMILES string of the molecule is CCc1nc(C(=O)Nc2ccc(Cl)cn2)c(N(C(=O)C2CCNCC2)C(C)C)s1. The van der Waals surface area contributed by atoms with Gasteiger partial charge in [0.15, 0.2) is 5.69 Å². The van der Waals surface area contributed by atoms with Crippen LogP contribution in [0.1, 0.15) is 49.1 Å². The van der Waals surface area contributed by atoms with Crippen LogP contribution in [0.25, 0.3) is 0 Å². The first kappa shape index (κ1) is 21.7. The van der Waals surface area contributed by atoms with E-state index in [2.05, 4.69) is 20.6 Å². The van der Waals surface area contributed by atoms with Crippen molar-refractivity contribution in [1.82, 2.24) is 15.3 Å². The van der Waals surface area contributed by atoms with Crippen LogP contribution in [0.4, 0.5) is 10.8 Å². The molecule has 2 aromatic rings. The van der Waals surface area contributed by atoms with Crippen LogP contribution in [0.15, 0.2) is 18.3 Å². The van der Waals surface area contributed by atoms with Crippen molar-refractivity contribution in [3.8, 4) is 0 Å². The molecule has 2 amide bonds. The maximum absolute atomic E-state index is 13.3. The molecule has 0 aromatic carbocycles. The Hall–Kier alpha value is -2.03. The fourth-order valence-corrected chi connectivity index (χ4v) is 4.55. The number of thiazole rings is 1. The van der Waals surface area contributed by atoms with Gasteiger partial charge in [-0.25, -0.2) is 9.97 Å². The van der Waals surface area contributed by atoms with Crippen molar-refractivity contribution >= 4 is 45.6 Å². The normalized spacial score (nSPS) is 14.8. The maximum Gasteiger partial charge on any atom is 0.278 e. The highest BCUT2D eigenvalue weighted by atomic mass is 35.5. The van der Waals surface area contributed by atoms with E-state index in [0.717, 1.165) is 30.9 Å². The molecule has 0 atom stereocenters. The average molecular weight is 436 g/mol. The minimum absolute atomic E-state index is 0.0420. The highest BCUT2D eigenvalue weighted by Crippen LogP contribution is 2.33. The Kier molecular flexibility index (Phi) is 7.21. The molecule has 0 radical (unpaired) electrons. The molecule has 7 nitrogen and oxygen atoms in total. The first-order chi connectivity index (χ1) is 13.9. The van der Waals surface area contributed by atoms with Gasteiger partial charge in [0.2, 0.25) is 5.91 Å². The number of pyridine rings is 1. The van der Waals surface area contributed by atoms with Crippen molar-refractivity contribution < 1.29 is 9.59 Å². The molecule has 2 aromatic heterocycles. The van der Waals surface area contributed by atoms with Crippen LogP contribution in [-0.2, 0) is 11.2 Å². The van der Waals surface area contributed by atoms with E-state index >= 15 is 0 Å². The number of aryl methyl sites for hydroxylation is 1. The molecule has 1 fully saturated rings. The van der Waals surface area contributed by atoms with Crippen LogP contribution < -0.4 is 15.5 Å². The largest absolute Gasteiger partial charge is 0.317 e. The molecule has 1 aliphatic heterocycles. The summed E-state index contributed by atoms with van der Waals surface area (Å²) >= 11 is 7.27. The second-order valence-corrected chi connectivity index (χ2v) is 8.76. The summed E-state index contributed by atoms with van der Waals surface area (Å²) in [6, 6.07) is 3.21. The number of amides is 2. The number of carbonyl (C=O) groups excluding carboxylic acids is 2. The number of aromatic nitrogens is 2. The maximum atomic E-state index is 13.3. The zero-order valence-corrected chi connectivity index (χ0v) is 18.4. The molecular formula is C20H26ClN5O2S. The van der Waals surface area contributed by atoms with E-state index in [1.165, 1.54) is 17.5 Å². The Morgan fingerprint density at radius 1 is 1.34 bits per heavy atom. The second kappa shape index (κ2) is 9.65. The fourth-order valence-electron chi connectivity index (χ4n) is 3.30. The topological polar surface area (TPSA) is 87.2 Å². The lowest BCUT2D eigenvalue weighted by atomic mass is 9.96. The lowest BCUT2D eigenvalue weighted by Gasteiger charge is -2.31. The molecule has 3 heterocycles. The van der Waals surface area contributed by atoms with Gasteiger partial charge in [0.05, 0.1) is 10.0 Å². The minimum atomic E-state index is -0.380. The van der Waals surface area contributed by atoms with Crippen LogP contribution in [-0.4, -0.2) is 40.9 Å². The van der Waals surface area contributed by atoms with Gasteiger partial charge in [-0.05, 0) is 58.3 Å². The van der Waals surface area contributed by atoms with Crippen molar-refractivity contribution in [1.29, 1.82) is 0 Å². The molecule has 0 saturated carbocycles. The molecule has 0 unspecified atom stereocenters. The molecule has 0 bridgehead atoms. The number of nitrogens with one attached hydrogen (secondary N) is 2. The van der Waals surface area contributed by atoms with Crippen molar-refractivity contribution in [2.24, 2.45) is 5.92 Å². The van der Waals surface area contributed by atoms with Gasteiger partial charge in [-0.1, -0.05) is 18.5 Å². The van der Waals surface area contributed by atoms with Crippen LogP contribution in [0.3, 0.4) is 0 Å². The Bertz CT molecular complexity index is 862. The Morgan fingerprint density at radius 3 is 2.66 bits per heavy atom. The smallest absolute Gasteiger partial charge is 0.278 e. The predicted molar refractivity (Wildman–Crippen MR) is 117 cm³/mol. The summed E-state index contributed by atoms with van der Waals surface area (Å²) in [5.74, 6) is 0.0258. The van der Waals surface area contributed by atoms with Crippen molar-refractivity contribution in [2.75, 3.05) is 23.3 Å². The zero-order chi connectivity index (χ0) is 21.0. The summed E-state index contributed by atoms with van der Waals surface area (Å²) in [5.41, 5.74) is 0.264. The summed E-state index contributed by atoms with van der Waals surface area (Å²) in [7, 11) is 0. The van der Waals surface area contributed by atoms with Crippen molar-refractivity contribution in [3.05, 3.63) is 34.1 Å². The summed E-state index contributed by atoms with van der Waals surface area (Å²) in [4.78, 5) is 36.7. The van der Waals surface area contributed by atoms with Gasteiger partial charge in [-0.2, -0.15) is 0 Å². The number of halogens is 1. The molecular weight excluding hydrogens is 410 g/mol. The van der Waals surface area contributed by atoms with E-state index in [0.29, 0.717) is 22.3 Å². The van der Waals surface area contributed by atoms with Crippen molar-refractivity contribution in [2.45, 2.75) is 46.1 Å². The monoisotopic (exact) mass is 435 g/mol. The fraction of sp³-hybridized carbons (Fsp3) is 0.500. The molecule has 9 heteroatoms. The number of anilines is 2. The van der Waals surface area contributed by atoms with Gasteiger partial charge in [-0.3, -0.25) is 14.5 Å². The zero-order valence-electron chi connectivity index (χ0n) is 16.9. The molecule has 29 heavy (non-hydrogen) atoms. The van der Waals surface area contributed by atoms with E-state index in [1.807, 2.05) is 20.8 Å². The third-order valence-electron chi connectivity index (χ3n) is 4.80. The van der Waals surface area contributed by atoms with Gasteiger partial charge in [0, 0.05) is 18.2 Å². The molecule has 1 aliphatic rings. The van der Waals surface area contributed by atoms with Crippen LogP contribution in [0.5, 0.6) is 0 Å². The molecule has 3 rings (SSSR count). The van der Waals surface area contributed by atoms with Crippen LogP contribution in [0, 0.1) is 5.92 Å². The molecule has 0 aliphatic carbocycles. The van der Waals surface area contributed by atoms with E-state index < -0.39 is 0 Å². The highest BCUT2D eigenvalue weighted by Gasteiger charge is 2.33. The minimum Gasteiger partial charge on any atom is -0.317 e. The molecule has 2 N–H and O–H groups in total. The average Bonchev–Trinajstić information content (AvgIpc) is 3.14. The molecule has 156 valence electrons.